The van der Waals surface area contributed by atoms with E-state index in [1.807, 2.05) is 57.1 Å². The van der Waals surface area contributed by atoms with Crippen molar-refractivity contribution in [2.45, 2.75) is 20.0 Å². The van der Waals surface area contributed by atoms with Crippen molar-refractivity contribution in [2.75, 3.05) is 44.6 Å². The molecule has 0 aliphatic carbocycles. The number of nitrogens with one attached hydrogen (secondary N) is 1. The predicted molar refractivity (Wildman–Crippen MR) is 122 cm³/mol. The van der Waals surface area contributed by atoms with Gasteiger partial charge in [0.1, 0.15) is 11.4 Å². The number of benzene rings is 2. The zero-order valence-corrected chi connectivity index (χ0v) is 18.6. The van der Waals surface area contributed by atoms with Gasteiger partial charge < -0.3 is 19.7 Å². The maximum atomic E-state index is 13.1. The number of nitrogens with zero attached hydrogens (tertiary/aromatic N) is 2. The average Bonchev–Trinajstić information content (AvgIpc) is 2.96. The fraction of sp³-hybridized carbons (Fsp3) is 0.333. The van der Waals surface area contributed by atoms with Gasteiger partial charge >= 0.3 is 0 Å². The number of methoxy groups -OCH3 is 1. The van der Waals surface area contributed by atoms with Gasteiger partial charge in [0.15, 0.2) is 0 Å². The first-order valence-corrected chi connectivity index (χ1v) is 10.2. The van der Waals surface area contributed by atoms with Crippen molar-refractivity contribution in [3.8, 4) is 5.75 Å². The summed E-state index contributed by atoms with van der Waals surface area (Å²) in [5, 5.41) is 3.17. The molecule has 7 heteroatoms. The number of hydrogen-bond acceptors (Lipinski definition) is 6. The first-order valence-electron chi connectivity index (χ1n) is 10.2. The van der Waals surface area contributed by atoms with Crippen LogP contribution in [-0.2, 0) is 14.3 Å². The van der Waals surface area contributed by atoms with E-state index in [0.29, 0.717) is 16.9 Å². The molecule has 0 spiro atoms. The van der Waals surface area contributed by atoms with Crippen LogP contribution in [0.2, 0.25) is 0 Å². The fourth-order valence-corrected chi connectivity index (χ4v) is 3.31. The molecule has 1 N–H and O–H groups in total. The van der Waals surface area contributed by atoms with Gasteiger partial charge in [0.05, 0.1) is 24.8 Å². The van der Waals surface area contributed by atoms with Gasteiger partial charge in [0.2, 0.25) is 0 Å². The third kappa shape index (κ3) is 5.06. The van der Waals surface area contributed by atoms with Crippen LogP contribution in [0.5, 0.6) is 5.75 Å². The topological polar surface area (TPSA) is 71.1 Å². The number of amides is 2. The normalized spacial score (nSPS) is 13.9. The molecule has 2 aromatic carbocycles. The molecular weight excluding hydrogens is 394 g/mol. The molecule has 3 rings (SSSR count). The van der Waals surface area contributed by atoms with E-state index in [9.17, 15) is 9.59 Å². The molecule has 0 saturated carbocycles. The molecule has 0 radical (unpaired) electrons. The van der Waals surface area contributed by atoms with Crippen LogP contribution in [-0.4, -0.2) is 57.2 Å². The Bertz CT molecular complexity index is 963. The summed E-state index contributed by atoms with van der Waals surface area (Å²) < 4.78 is 10.8. The summed E-state index contributed by atoms with van der Waals surface area (Å²) in [7, 11) is 5.46. The Labute approximate surface area is 183 Å². The van der Waals surface area contributed by atoms with E-state index in [0.717, 1.165) is 11.4 Å². The average molecular weight is 424 g/mol. The lowest BCUT2D eigenvalue weighted by molar-refractivity contribution is -0.137. The van der Waals surface area contributed by atoms with Gasteiger partial charge in [-0.2, -0.15) is 0 Å². The van der Waals surface area contributed by atoms with Crippen LogP contribution >= 0.6 is 0 Å². The molecule has 2 aromatic rings. The summed E-state index contributed by atoms with van der Waals surface area (Å²) in [4.78, 5) is 29.4. The van der Waals surface area contributed by atoms with Crippen LogP contribution in [0.15, 0.2) is 54.2 Å². The number of carbonyl (C=O) groups is 2. The van der Waals surface area contributed by atoms with Gasteiger partial charge in [0, 0.05) is 32.6 Å². The van der Waals surface area contributed by atoms with Gasteiger partial charge in [-0.25, -0.2) is 0 Å². The minimum atomic E-state index is -0.365. The molecule has 0 saturated heterocycles. The van der Waals surface area contributed by atoms with E-state index in [4.69, 9.17) is 9.47 Å². The second kappa shape index (κ2) is 9.66. The number of rotatable bonds is 9. The minimum absolute atomic E-state index is 0.0478. The van der Waals surface area contributed by atoms with E-state index < -0.39 is 0 Å². The quantitative estimate of drug-likeness (QED) is 0.624. The van der Waals surface area contributed by atoms with Crippen molar-refractivity contribution in [3.05, 3.63) is 59.8 Å². The van der Waals surface area contributed by atoms with Crippen molar-refractivity contribution in [3.63, 3.8) is 0 Å². The van der Waals surface area contributed by atoms with Crippen molar-refractivity contribution in [1.29, 1.82) is 0 Å². The summed E-state index contributed by atoms with van der Waals surface area (Å²) in [5.41, 5.74) is 3.02. The zero-order valence-electron chi connectivity index (χ0n) is 18.6. The first-order chi connectivity index (χ1) is 14.8. The smallest absolute Gasteiger partial charge is 0.278 e. The standard InChI is InChI=1S/C24H29N3O4/c1-16(2)31-20-12-6-17(7-13-20)21-22(24(29)27(23(21)28)14-15-30-5)25-18-8-10-19(11-9-18)26(3)4/h6-13,16,25H,14-15H2,1-5H3. The Morgan fingerprint density at radius 3 is 2.16 bits per heavy atom. The van der Waals surface area contributed by atoms with Gasteiger partial charge in [-0.1, -0.05) is 12.1 Å². The third-order valence-electron chi connectivity index (χ3n) is 4.85. The summed E-state index contributed by atoms with van der Waals surface area (Å²) in [6.45, 7) is 4.37. The lowest BCUT2D eigenvalue weighted by Crippen LogP contribution is -2.35. The lowest BCUT2D eigenvalue weighted by atomic mass is 10.0. The Hall–Kier alpha value is -3.32. The van der Waals surface area contributed by atoms with Gasteiger partial charge in [0.25, 0.3) is 11.8 Å². The van der Waals surface area contributed by atoms with Gasteiger partial charge in [-0.15, -0.1) is 0 Å². The number of anilines is 2. The summed E-state index contributed by atoms with van der Waals surface area (Å²) in [6, 6.07) is 14.9. The zero-order chi connectivity index (χ0) is 22.5. The maximum absolute atomic E-state index is 13.1. The highest BCUT2D eigenvalue weighted by molar-refractivity contribution is 6.36. The molecule has 31 heavy (non-hydrogen) atoms. The van der Waals surface area contributed by atoms with Gasteiger partial charge in [-0.05, 0) is 55.8 Å². The van der Waals surface area contributed by atoms with Crippen molar-refractivity contribution in [1.82, 2.24) is 4.90 Å². The van der Waals surface area contributed by atoms with Crippen molar-refractivity contribution in [2.24, 2.45) is 0 Å². The van der Waals surface area contributed by atoms with Crippen LogP contribution in [0, 0.1) is 0 Å². The minimum Gasteiger partial charge on any atom is -0.491 e. The Morgan fingerprint density at radius 1 is 0.968 bits per heavy atom. The molecule has 164 valence electrons. The van der Waals surface area contributed by atoms with Crippen LogP contribution < -0.4 is 15.0 Å². The highest BCUT2D eigenvalue weighted by Crippen LogP contribution is 2.31. The SMILES string of the molecule is COCCN1C(=O)C(Nc2ccc(N(C)C)cc2)=C(c2ccc(OC(C)C)cc2)C1=O. The molecule has 0 atom stereocenters. The largest absolute Gasteiger partial charge is 0.491 e. The highest BCUT2D eigenvalue weighted by atomic mass is 16.5. The van der Waals surface area contributed by atoms with Crippen LogP contribution in [0.3, 0.4) is 0 Å². The number of imide groups is 1. The molecule has 0 unspecified atom stereocenters. The highest BCUT2D eigenvalue weighted by Gasteiger charge is 2.39. The molecule has 1 heterocycles. The van der Waals surface area contributed by atoms with Crippen molar-refractivity contribution >= 4 is 28.8 Å². The monoisotopic (exact) mass is 423 g/mol. The Morgan fingerprint density at radius 2 is 1.61 bits per heavy atom. The number of carbonyl (C=O) groups excluding carboxylic acids is 2. The van der Waals surface area contributed by atoms with E-state index in [2.05, 4.69) is 5.32 Å². The Balaban J connectivity index is 1.96. The van der Waals surface area contributed by atoms with E-state index >= 15 is 0 Å². The molecule has 0 fully saturated rings. The predicted octanol–water partition coefficient (Wildman–Crippen LogP) is 3.38. The number of hydrogen-bond donors (Lipinski definition) is 1. The molecule has 2 amide bonds. The first kappa shape index (κ1) is 22.4. The van der Waals surface area contributed by atoms with E-state index in [1.165, 1.54) is 12.0 Å². The molecule has 0 aromatic heterocycles. The molecule has 7 nitrogen and oxygen atoms in total. The van der Waals surface area contributed by atoms with Crippen LogP contribution in [0.25, 0.3) is 5.57 Å². The third-order valence-corrected chi connectivity index (χ3v) is 4.85. The second-order valence-electron chi connectivity index (χ2n) is 7.76. The lowest BCUT2D eigenvalue weighted by Gasteiger charge is -2.15. The van der Waals surface area contributed by atoms with Crippen LogP contribution in [0.1, 0.15) is 19.4 Å². The van der Waals surface area contributed by atoms with E-state index in [-0.39, 0.29) is 36.8 Å². The summed E-state index contributed by atoms with van der Waals surface area (Å²) in [6.07, 6.45) is 0.0478. The Kier molecular flexibility index (Phi) is 6.97. The van der Waals surface area contributed by atoms with E-state index in [1.54, 1.807) is 24.3 Å². The van der Waals surface area contributed by atoms with Crippen LogP contribution in [0.4, 0.5) is 11.4 Å². The molecular formula is C24H29N3O4. The summed E-state index contributed by atoms with van der Waals surface area (Å²) in [5.74, 6) is 0.00405. The number of ether oxygens (including phenoxy) is 2. The molecule has 1 aliphatic heterocycles. The second-order valence-corrected chi connectivity index (χ2v) is 7.76. The molecule has 1 aliphatic rings. The fourth-order valence-electron chi connectivity index (χ4n) is 3.31. The summed E-state index contributed by atoms with van der Waals surface area (Å²) >= 11 is 0. The molecule has 0 bridgehead atoms. The van der Waals surface area contributed by atoms with Gasteiger partial charge in [-0.3, -0.25) is 14.5 Å². The van der Waals surface area contributed by atoms with Crippen molar-refractivity contribution < 1.29 is 19.1 Å². The maximum Gasteiger partial charge on any atom is 0.278 e.